The number of nitrogens with one attached hydrogen (secondary N) is 1. The molecule has 2 heterocycles. The van der Waals surface area contributed by atoms with Crippen molar-refractivity contribution in [2.75, 3.05) is 13.2 Å². The Morgan fingerprint density at radius 2 is 2.30 bits per heavy atom. The summed E-state index contributed by atoms with van der Waals surface area (Å²) in [6, 6.07) is 0.700. The molecule has 2 atom stereocenters. The Bertz CT molecular complexity index is 144. The molecule has 2 bridgehead atoms. The molecule has 2 nitrogen and oxygen atoms in total. The van der Waals surface area contributed by atoms with E-state index in [2.05, 4.69) is 19.2 Å². The quantitative estimate of drug-likeness (QED) is 0.538. The first-order chi connectivity index (χ1) is 4.68. The van der Waals surface area contributed by atoms with Crippen molar-refractivity contribution in [3.05, 3.63) is 0 Å². The number of hydrogen-bond acceptors (Lipinski definition) is 2. The van der Waals surface area contributed by atoms with Gasteiger partial charge >= 0.3 is 0 Å². The topological polar surface area (TPSA) is 21.3 Å². The van der Waals surface area contributed by atoms with E-state index in [0.29, 0.717) is 17.6 Å². The van der Waals surface area contributed by atoms with Gasteiger partial charge in [0.25, 0.3) is 0 Å². The van der Waals surface area contributed by atoms with E-state index < -0.39 is 0 Å². The standard InChI is InChI=1S/C8H15NO/c1-8(2)5-10-6-3-7(8)9-4-6/h6-7,9H,3-5H2,1-2H3. The van der Waals surface area contributed by atoms with Crippen LogP contribution in [0, 0.1) is 5.41 Å². The van der Waals surface area contributed by atoms with Gasteiger partial charge in [0.2, 0.25) is 0 Å². The fourth-order valence-corrected chi connectivity index (χ4v) is 1.86. The first-order valence-electron chi connectivity index (χ1n) is 4.03. The maximum Gasteiger partial charge on any atom is 0.0714 e. The molecular weight excluding hydrogens is 126 g/mol. The molecule has 0 aromatic carbocycles. The van der Waals surface area contributed by atoms with Crippen LogP contribution in [0.5, 0.6) is 0 Å². The van der Waals surface area contributed by atoms with Gasteiger partial charge in [0.1, 0.15) is 0 Å². The number of rotatable bonds is 0. The average molecular weight is 141 g/mol. The Hall–Kier alpha value is -0.0800. The second-order valence-electron chi connectivity index (χ2n) is 4.12. The summed E-state index contributed by atoms with van der Waals surface area (Å²) in [6.45, 7) is 6.53. The van der Waals surface area contributed by atoms with Gasteiger partial charge in [0, 0.05) is 18.0 Å². The van der Waals surface area contributed by atoms with E-state index in [1.807, 2.05) is 0 Å². The third-order valence-corrected chi connectivity index (χ3v) is 2.72. The Balaban J connectivity index is 2.14. The lowest BCUT2D eigenvalue weighted by molar-refractivity contribution is -0.0268. The molecule has 0 spiro atoms. The minimum absolute atomic E-state index is 0.354. The lowest BCUT2D eigenvalue weighted by atomic mass is 9.82. The van der Waals surface area contributed by atoms with Gasteiger partial charge in [-0.05, 0) is 6.42 Å². The predicted molar refractivity (Wildman–Crippen MR) is 39.9 cm³/mol. The molecule has 0 amide bonds. The van der Waals surface area contributed by atoms with Gasteiger partial charge in [0.05, 0.1) is 12.7 Å². The summed E-state index contributed by atoms with van der Waals surface area (Å²) < 4.78 is 5.62. The summed E-state index contributed by atoms with van der Waals surface area (Å²) in [7, 11) is 0. The fourth-order valence-electron chi connectivity index (χ4n) is 1.86. The zero-order valence-corrected chi connectivity index (χ0v) is 6.68. The molecule has 0 saturated carbocycles. The highest BCUT2D eigenvalue weighted by Crippen LogP contribution is 2.33. The first-order valence-corrected chi connectivity index (χ1v) is 4.03. The largest absolute Gasteiger partial charge is 0.376 e. The highest BCUT2D eigenvalue weighted by molar-refractivity contribution is 4.96. The summed E-state index contributed by atoms with van der Waals surface area (Å²) >= 11 is 0. The molecule has 0 aliphatic carbocycles. The van der Waals surface area contributed by atoms with Crippen molar-refractivity contribution >= 4 is 0 Å². The van der Waals surface area contributed by atoms with E-state index in [1.165, 1.54) is 6.42 Å². The summed E-state index contributed by atoms with van der Waals surface area (Å²) in [6.07, 6.45) is 1.73. The SMILES string of the molecule is CC1(C)COC2CNC1C2. The average Bonchev–Trinajstić information content (AvgIpc) is 2.26. The van der Waals surface area contributed by atoms with Crippen LogP contribution in [0.4, 0.5) is 0 Å². The van der Waals surface area contributed by atoms with Crippen LogP contribution in [0.2, 0.25) is 0 Å². The van der Waals surface area contributed by atoms with Gasteiger partial charge in [-0.15, -0.1) is 0 Å². The van der Waals surface area contributed by atoms with Crippen LogP contribution < -0.4 is 5.32 Å². The van der Waals surface area contributed by atoms with Crippen molar-refractivity contribution in [1.29, 1.82) is 0 Å². The Kier molecular flexibility index (Phi) is 1.29. The zero-order valence-electron chi connectivity index (χ0n) is 6.68. The molecule has 0 aromatic heterocycles. The number of ether oxygens (including phenoxy) is 1. The minimum Gasteiger partial charge on any atom is -0.376 e. The van der Waals surface area contributed by atoms with Crippen molar-refractivity contribution in [2.45, 2.75) is 32.4 Å². The highest BCUT2D eigenvalue weighted by atomic mass is 16.5. The molecule has 2 aliphatic heterocycles. The van der Waals surface area contributed by atoms with Crippen molar-refractivity contribution < 1.29 is 4.74 Å². The Morgan fingerprint density at radius 3 is 3.00 bits per heavy atom. The second kappa shape index (κ2) is 1.95. The normalized spacial score (nSPS) is 43.8. The molecule has 10 heavy (non-hydrogen) atoms. The maximum atomic E-state index is 5.62. The number of fused-ring (bicyclic) bond motifs is 2. The predicted octanol–water partition coefficient (Wildman–Crippen LogP) is 0.773. The van der Waals surface area contributed by atoms with E-state index >= 15 is 0 Å². The molecule has 2 heteroatoms. The van der Waals surface area contributed by atoms with Gasteiger partial charge in [-0.3, -0.25) is 0 Å². The van der Waals surface area contributed by atoms with E-state index in [-0.39, 0.29) is 0 Å². The summed E-state index contributed by atoms with van der Waals surface area (Å²) in [4.78, 5) is 0. The molecule has 2 rings (SSSR count). The second-order valence-corrected chi connectivity index (χ2v) is 4.12. The lowest BCUT2D eigenvalue weighted by Crippen LogP contribution is -2.42. The molecule has 2 unspecified atom stereocenters. The number of hydrogen-bond donors (Lipinski definition) is 1. The lowest BCUT2D eigenvalue weighted by Gasteiger charge is -2.35. The van der Waals surface area contributed by atoms with Gasteiger partial charge in [0.15, 0.2) is 0 Å². The zero-order chi connectivity index (χ0) is 7.19. The Morgan fingerprint density at radius 1 is 1.50 bits per heavy atom. The van der Waals surface area contributed by atoms with E-state index in [4.69, 9.17) is 4.74 Å². The molecule has 2 aliphatic rings. The molecular formula is C8H15NO. The fraction of sp³-hybridized carbons (Fsp3) is 1.00. The van der Waals surface area contributed by atoms with Crippen LogP contribution >= 0.6 is 0 Å². The van der Waals surface area contributed by atoms with Crippen LogP contribution in [0.15, 0.2) is 0 Å². The highest BCUT2D eigenvalue weighted by Gasteiger charge is 2.41. The molecule has 2 saturated heterocycles. The van der Waals surface area contributed by atoms with E-state index in [1.54, 1.807) is 0 Å². The van der Waals surface area contributed by atoms with Gasteiger partial charge in [-0.1, -0.05) is 13.8 Å². The van der Waals surface area contributed by atoms with Crippen molar-refractivity contribution in [3.63, 3.8) is 0 Å². The van der Waals surface area contributed by atoms with Crippen LogP contribution in [0.3, 0.4) is 0 Å². The van der Waals surface area contributed by atoms with Crippen molar-refractivity contribution in [3.8, 4) is 0 Å². The molecule has 58 valence electrons. The van der Waals surface area contributed by atoms with Crippen molar-refractivity contribution in [1.82, 2.24) is 5.32 Å². The monoisotopic (exact) mass is 141 g/mol. The van der Waals surface area contributed by atoms with Crippen LogP contribution in [0.1, 0.15) is 20.3 Å². The third-order valence-electron chi connectivity index (χ3n) is 2.72. The van der Waals surface area contributed by atoms with E-state index in [0.717, 1.165) is 13.2 Å². The maximum absolute atomic E-state index is 5.62. The first kappa shape index (κ1) is 6.62. The van der Waals surface area contributed by atoms with Gasteiger partial charge < -0.3 is 10.1 Å². The summed E-state index contributed by atoms with van der Waals surface area (Å²) in [5.41, 5.74) is 0.354. The van der Waals surface area contributed by atoms with Crippen molar-refractivity contribution in [2.24, 2.45) is 5.41 Å². The van der Waals surface area contributed by atoms with Gasteiger partial charge in [-0.2, -0.15) is 0 Å². The third kappa shape index (κ3) is 0.867. The summed E-state index contributed by atoms with van der Waals surface area (Å²) in [5.74, 6) is 0. The summed E-state index contributed by atoms with van der Waals surface area (Å²) in [5, 5.41) is 3.48. The van der Waals surface area contributed by atoms with Gasteiger partial charge in [-0.25, -0.2) is 0 Å². The molecule has 1 N–H and O–H groups in total. The molecule has 0 radical (unpaired) electrons. The molecule has 0 aromatic rings. The van der Waals surface area contributed by atoms with Crippen LogP contribution in [-0.4, -0.2) is 25.3 Å². The van der Waals surface area contributed by atoms with E-state index in [9.17, 15) is 0 Å². The Labute approximate surface area is 61.9 Å². The van der Waals surface area contributed by atoms with Crippen LogP contribution in [-0.2, 0) is 4.74 Å². The minimum atomic E-state index is 0.354. The molecule has 2 fully saturated rings. The smallest absolute Gasteiger partial charge is 0.0714 e. The van der Waals surface area contributed by atoms with Crippen LogP contribution in [0.25, 0.3) is 0 Å².